The molecule has 0 heterocycles. The summed E-state index contributed by atoms with van der Waals surface area (Å²) in [7, 11) is 91.8. The zero-order chi connectivity index (χ0) is 24.8. The molecule has 0 unspecified atom stereocenters. The van der Waals surface area contributed by atoms with Gasteiger partial charge in [-0.25, -0.2) is 0 Å². The third-order valence-electron chi connectivity index (χ3n) is 5.85. The minimum atomic E-state index is -0.966. The van der Waals surface area contributed by atoms with Crippen molar-refractivity contribution in [1.29, 1.82) is 0 Å². The second-order valence-electron chi connectivity index (χ2n) is 8.14. The van der Waals surface area contributed by atoms with Crippen LogP contribution in [0.3, 0.4) is 0 Å². The van der Waals surface area contributed by atoms with Crippen LogP contribution in [-0.4, -0.2) is 210 Å². The molecule has 0 nitrogen and oxygen atoms in total. The predicted molar refractivity (Wildman–Crippen MR) is 187 cm³/mol. The molecule has 0 aromatic carbocycles. The zero-order valence-electron chi connectivity index (χ0n) is 17.7. The van der Waals surface area contributed by atoms with Gasteiger partial charge in [0.2, 0.25) is 0 Å². The molecule has 0 rings (SSSR count). The van der Waals surface area contributed by atoms with Crippen LogP contribution >= 0.6 is 22.4 Å². The van der Waals surface area contributed by atoms with Crippen molar-refractivity contribution in [2.75, 3.05) is 0 Å². The van der Waals surface area contributed by atoms with Crippen molar-refractivity contribution in [3.8, 4) is 0 Å². The molecule has 0 bridgehead atoms. The highest BCUT2D eigenvalue weighted by Crippen LogP contribution is 2.18. The third-order valence-corrected chi connectivity index (χ3v) is 7.51. The van der Waals surface area contributed by atoms with Crippen LogP contribution in [0.15, 0.2) is 0 Å². The van der Waals surface area contributed by atoms with Crippen LogP contribution in [0.2, 0.25) is 0 Å². The topological polar surface area (TPSA) is 0 Å². The van der Waals surface area contributed by atoms with Crippen molar-refractivity contribution in [3.05, 3.63) is 0 Å². The van der Waals surface area contributed by atoms with Crippen LogP contribution in [0.5, 0.6) is 0 Å². The molecule has 0 atom stereocenters. The number of rotatable bonds is 14. The second kappa shape index (κ2) is 15.7. The predicted octanol–water partition coefficient (Wildman–Crippen LogP) is -10.5. The molecule has 0 saturated heterocycles. The van der Waals surface area contributed by atoms with E-state index in [0.717, 1.165) is 0 Å². The molecule has 0 amide bonds. The first kappa shape index (κ1) is 33.7. The Morgan fingerprint density at radius 2 is 0.645 bits per heavy atom. The van der Waals surface area contributed by atoms with E-state index < -0.39 is 87.4 Å². The summed E-state index contributed by atoms with van der Waals surface area (Å²) >= 11 is 2.13. The zero-order valence-corrected chi connectivity index (χ0v) is 19.9. The Bertz CT molecular complexity index is 415. The number of hydrogen-bond donors (Lipinski definition) is 0. The van der Waals surface area contributed by atoms with Crippen molar-refractivity contribution < 1.29 is 0 Å². The van der Waals surface area contributed by atoms with Crippen LogP contribution in [0.1, 0.15) is 0 Å². The molecule has 0 fully saturated rings. The minimum Gasteiger partial charge on any atom is -0.173 e. The molecular formula is B30I. The lowest BCUT2D eigenvalue weighted by Gasteiger charge is -2.46. The van der Waals surface area contributed by atoms with Gasteiger partial charge in [0, 0.05) is 206 Å². The molecular weight excluding hydrogens is 451 g/mol. The van der Waals surface area contributed by atoms with Gasteiger partial charge in [0.15, 0.2) is 0 Å². The highest BCUT2D eigenvalue weighted by Gasteiger charge is 2.52. The molecule has 0 spiro atoms. The van der Waals surface area contributed by atoms with Crippen LogP contribution in [0, 0.1) is 0 Å². The molecule has 0 N–H and O–H groups in total. The molecule has 97 valence electrons. The lowest BCUT2D eigenvalue weighted by atomic mass is 8.37. The van der Waals surface area contributed by atoms with Gasteiger partial charge in [0.25, 0.3) is 0 Å². The molecule has 0 saturated carbocycles. The van der Waals surface area contributed by atoms with Gasteiger partial charge < -0.3 is 0 Å². The fraction of sp³-hybridized carbons (Fsp3) is 0. The Balaban J connectivity index is 6.87. The summed E-state index contributed by atoms with van der Waals surface area (Å²) in [5, 5.41) is 0. The average Bonchev–Trinajstić information content (AvgIpc) is 2.57. The van der Waals surface area contributed by atoms with E-state index in [1.807, 2.05) is 0 Å². The van der Waals surface area contributed by atoms with Crippen molar-refractivity contribution in [1.82, 2.24) is 0 Å². The van der Waals surface area contributed by atoms with Crippen molar-refractivity contribution in [2.24, 2.45) is 0 Å². The lowest BCUT2D eigenvalue weighted by Crippen LogP contribution is -2.85. The SMILES string of the molecule is [B][B]B(B([B])[B])B(B(I)B(B(B([B])[B])B([B])[B])B(B([B])[B])B([B])[B])B(B([B])[B])B([B])[B]. The summed E-state index contributed by atoms with van der Waals surface area (Å²) in [4.78, 5) is 0. The fourth-order valence-corrected chi connectivity index (χ4v) is 6.36. The van der Waals surface area contributed by atoms with Crippen molar-refractivity contribution in [2.45, 2.75) is 0 Å². The summed E-state index contributed by atoms with van der Waals surface area (Å²) in [6.07, 6.45) is -10.7. The van der Waals surface area contributed by atoms with E-state index in [0.29, 0.717) is 0 Å². The normalized spacial score (nSPS) is 9.45. The number of hydrogen-bond acceptors (Lipinski definition) is 0. The van der Waals surface area contributed by atoms with Crippen LogP contribution in [-0.2, 0) is 0 Å². The summed E-state index contributed by atoms with van der Waals surface area (Å²) in [5.41, 5.74) is 0. The second-order valence-corrected chi connectivity index (χ2v) is 9.58. The smallest absolute Gasteiger partial charge is 0.120 e. The van der Waals surface area contributed by atoms with Gasteiger partial charge in [-0.3, -0.25) is 0 Å². The fourth-order valence-electron chi connectivity index (χ4n) is 4.44. The van der Waals surface area contributed by atoms with Gasteiger partial charge in [-0.15, -0.1) is 0 Å². The van der Waals surface area contributed by atoms with Gasteiger partial charge in [-0.05, 0) is 0 Å². The highest BCUT2D eigenvalue weighted by atomic mass is 127. The van der Waals surface area contributed by atoms with Crippen LogP contribution in [0.25, 0.3) is 0 Å². The Hall–Kier alpha value is 2.68. The molecule has 0 aliphatic carbocycles. The third kappa shape index (κ3) is 9.57. The van der Waals surface area contributed by atoms with E-state index in [-0.39, 0.29) is 0 Å². The van der Waals surface area contributed by atoms with Gasteiger partial charge in [0.1, 0.15) is 4.35 Å². The summed E-state index contributed by atoms with van der Waals surface area (Å²) in [6, 6.07) is 0. The molecule has 0 aromatic heterocycles. The highest BCUT2D eigenvalue weighted by molar-refractivity contribution is 14.1. The van der Waals surface area contributed by atoms with Gasteiger partial charge in [-0.1, -0.05) is 0 Å². The maximum Gasteiger partial charge on any atom is 0.120 e. The molecule has 31 heteroatoms. The van der Waals surface area contributed by atoms with E-state index in [1.165, 1.54) is 7.06 Å². The lowest BCUT2D eigenvalue weighted by molar-refractivity contribution is 3.31. The van der Waals surface area contributed by atoms with E-state index in [4.69, 9.17) is 116 Å². The Morgan fingerprint density at radius 3 is 0.839 bits per heavy atom. The molecule has 0 aliphatic heterocycles. The monoisotopic (exact) mass is 457 g/mol. The maximum atomic E-state index is 6.05. The molecule has 31 heavy (non-hydrogen) atoms. The van der Waals surface area contributed by atoms with E-state index >= 15 is 0 Å². The number of halogens is 1. The Morgan fingerprint density at radius 1 is 0.387 bits per heavy atom. The Kier molecular flexibility index (Phi) is 17.1. The van der Waals surface area contributed by atoms with Crippen molar-refractivity contribution >= 4 is 233 Å². The first-order chi connectivity index (χ1) is 14.1. The first-order valence-corrected chi connectivity index (χ1v) is 11.1. The summed E-state index contributed by atoms with van der Waals surface area (Å²) < 4.78 is -0.505. The van der Waals surface area contributed by atoms with Gasteiger partial charge >= 0.3 is 0 Å². The molecule has 0 aromatic rings. The Labute approximate surface area is 231 Å². The standard InChI is InChI=1S/B30I/c1-16-24(17(2)3)28(25(18(4)5)19(6)7)30(31)29(26(20(8)9)21(10)11)27(22(12)13)23(14)15. The average molecular weight is 451 g/mol. The minimum absolute atomic E-state index is 0.505. The summed E-state index contributed by atoms with van der Waals surface area (Å²) in [6.45, 7) is 0. The maximum absolute atomic E-state index is 6.05. The van der Waals surface area contributed by atoms with Gasteiger partial charge in [-0.2, -0.15) is 22.4 Å². The summed E-state index contributed by atoms with van der Waals surface area (Å²) in [5.74, 6) is 0. The first-order valence-electron chi connectivity index (χ1n) is 9.88. The quantitative estimate of drug-likeness (QED) is 0.182. The molecule has 0 aliphatic rings. The van der Waals surface area contributed by atoms with E-state index in [2.05, 4.69) is 22.4 Å². The largest absolute Gasteiger partial charge is 0.173 e. The van der Waals surface area contributed by atoms with Gasteiger partial charge in [0.05, 0.1) is 0 Å². The van der Waals surface area contributed by atoms with E-state index in [1.54, 1.807) is 0 Å². The van der Waals surface area contributed by atoms with Crippen molar-refractivity contribution in [3.63, 3.8) is 0 Å². The van der Waals surface area contributed by atoms with Crippen LogP contribution in [0.4, 0.5) is 0 Å². The molecule has 31 radical (unpaired) electrons. The van der Waals surface area contributed by atoms with E-state index in [9.17, 15) is 0 Å². The van der Waals surface area contributed by atoms with Crippen LogP contribution < -0.4 is 0 Å².